The molecule has 1 aliphatic carbocycles. The molecule has 148 valence electrons. The lowest BCUT2D eigenvalue weighted by Gasteiger charge is -2.30. The van der Waals surface area contributed by atoms with Gasteiger partial charge in [0, 0.05) is 11.5 Å². The molecule has 1 spiro atoms. The first-order valence-corrected chi connectivity index (χ1v) is 10.0. The summed E-state index contributed by atoms with van der Waals surface area (Å²) in [5.74, 6) is 0.140. The van der Waals surface area contributed by atoms with E-state index in [0.717, 1.165) is 35.8 Å². The van der Waals surface area contributed by atoms with Crippen molar-refractivity contribution in [2.75, 3.05) is 0 Å². The first-order valence-electron chi connectivity index (χ1n) is 10.0. The Hall–Kier alpha value is -2.63. The van der Waals surface area contributed by atoms with Crippen molar-refractivity contribution in [3.8, 4) is 0 Å². The molecule has 1 aliphatic heterocycles. The van der Waals surface area contributed by atoms with Gasteiger partial charge in [-0.2, -0.15) is 0 Å². The molecule has 2 aromatic rings. The standard InChI is InChI=1S/C22H26N2O4/c1-13(2)16-11-17-15(10-19(25)28-18(17)9-14(16)3)12-24-20(26)22(23-21(24)27)7-5-4-6-8-22/h9-11,13H,4-8,12H2,1-3H3,(H,23,27). The predicted octanol–water partition coefficient (Wildman–Crippen LogP) is 3.98. The number of rotatable bonds is 3. The number of urea groups is 1. The topological polar surface area (TPSA) is 79.6 Å². The maximum atomic E-state index is 13.1. The third kappa shape index (κ3) is 3.01. The average molecular weight is 382 g/mol. The molecule has 2 fully saturated rings. The third-order valence-electron chi connectivity index (χ3n) is 6.12. The molecule has 3 amide bonds. The molecule has 6 nitrogen and oxygen atoms in total. The molecule has 2 aliphatic rings. The first kappa shape index (κ1) is 18.7. The molecule has 28 heavy (non-hydrogen) atoms. The summed E-state index contributed by atoms with van der Waals surface area (Å²) in [5, 5.41) is 3.70. The van der Waals surface area contributed by atoms with Crippen LogP contribution in [0.3, 0.4) is 0 Å². The van der Waals surface area contributed by atoms with E-state index in [0.29, 0.717) is 29.9 Å². The van der Waals surface area contributed by atoms with Crippen LogP contribution in [-0.4, -0.2) is 22.4 Å². The van der Waals surface area contributed by atoms with Gasteiger partial charge in [0.15, 0.2) is 0 Å². The van der Waals surface area contributed by atoms with E-state index >= 15 is 0 Å². The molecule has 1 saturated carbocycles. The fourth-order valence-electron chi connectivity index (χ4n) is 4.63. The summed E-state index contributed by atoms with van der Waals surface area (Å²) in [4.78, 5) is 39.0. The number of imide groups is 1. The SMILES string of the molecule is Cc1cc2oc(=O)cc(CN3C(=O)NC4(CCCCC4)C3=O)c2cc1C(C)C. The summed E-state index contributed by atoms with van der Waals surface area (Å²) in [6.45, 7) is 6.29. The Bertz CT molecular complexity index is 1020. The number of amides is 3. The smallest absolute Gasteiger partial charge is 0.336 e. The summed E-state index contributed by atoms with van der Waals surface area (Å²) in [6, 6.07) is 4.91. The molecule has 0 bridgehead atoms. The fourth-order valence-corrected chi connectivity index (χ4v) is 4.63. The zero-order valence-electron chi connectivity index (χ0n) is 16.6. The number of carbonyl (C=O) groups is 2. The van der Waals surface area contributed by atoms with Crippen molar-refractivity contribution in [2.24, 2.45) is 0 Å². The maximum absolute atomic E-state index is 13.1. The lowest BCUT2D eigenvalue weighted by Crippen LogP contribution is -2.48. The maximum Gasteiger partial charge on any atom is 0.336 e. The van der Waals surface area contributed by atoms with Gasteiger partial charge in [-0.25, -0.2) is 9.59 Å². The molecule has 4 rings (SSSR count). The van der Waals surface area contributed by atoms with E-state index in [4.69, 9.17) is 4.42 Å². The highest BCUT2D eigenvalue weighted by Crippen LogP contribution is 2.35. The molecule has 1 aromatic carbocycles. The van der Waals surface area contributed by atoms with Crippen molar-refractivity contribution in [1.29, 1.82) is 0 Å². The van der Waals surface area contributed by atoms with Crippen LogP contribution >= 0.6 is 0 Å². The van der Waals surface area contributed by atoms with Gasteiger partial charge in [0.05, 0.1) is 6.54 Å². The largest absolute Gasteiger partial charge is 0.423 e. The van der Waals surface area contributed by atoms with Crippen molar-refractivity contribution < 1.29 is 14.0 Å². The quantitative estimate of drug-likeness (QED) is 0.643. The van der Waals surface area contributed by atoms with Gasteiger partial charge >= 0.3 is 11.7 Å². The van der Waals surface area contributed by atoms with Crippen molar-refractivity contribution in [3.63, 3.8) is 0 Å². The fraction of sp³-hybridized carbons (Fsp3) is 0.500. The molecule has 0 atom stereocenters. The summed E-state index contributed by atoms with van der Waals surface area (Å²) in [5.41, 5.74) is 2.11. The van der Waals surface area contributed by atoms with Crippen molar-refractivity contribution in [3.05, 3.63) is 45.3 Å². The zero-order valence-corrected chi connectivity index (χ0v) is 16.6. The summed E-state index contributed by atoms with van der Waals surface area (Å²) >= 11 is 0. The van der Waals surface area contributed by atoms with Crippen LogP contribution in [0.4, 0.5) is 4.79 Å². The monoisotopic (exact) mass is 382 g/mol. The van der Waals surface area contributed by atoms with Crippen molar-refractivity contribution >= 4 is 22.9 Å². The Morgan fingerprint density at radius 2 is 1.82 bits per heavy atom. The van der Waals surface area contributed by atoms with Gasteiger partial charge in [-0.3, -0.25) is 9.69 Å². The number of hydrogen-bond donors (Lipinski definition) is 1. The number of nitrogens with zero attached hydrogens (tertiary/aromatic N) is 1. The Morgan fingerprint density at radius 3 is 2.50 bits per heavy atom. The van der Waals surface area contributed by atoms with Gasteiger partial charge in [0.25, 0.3) is 5.91 Å². The molecule has 6 heteroatoms. The van der Waals surface area contributed by atoms with Gasteiger partial charge in [-0.1, -0.05) is 33.1 Å². The second-order valence-corrected chi connectivity index (χ2v) is 8.41. The Kier molecular flexibility index (Phi) is 4.52. The lowest BCUT2D eigenvalue weighted by atomic mass is 9.82. The highest BCUT2D eigenvalue weighted by Gasteiger charge is 2.51. The highest BCUT2D eigenvalue weighted by molar-refractivity contribution is 6.07. The van der Waals surface area contributed by atoms with Crippen LogP contribution in [0.1, 0.15) is 68.6 Å². The van der Waals surface area contributed by atoms with Crippen molar-refractivity contribution in [2.45, 2.75) is 70.9 Å². The van der Waals surface area contributed by atoms with E-state index in [1.807, 2.05) is 19.1 Å². The van der Waals surface area contributed by atoms with Gasteiger partial charge in [0.1, 0.15) is 11.1 Å². The second-order valence-electron chi connectivity index (χ2n) is 8.41. The van der Waals surface area contributed by atoms with E-state index in [2.05, 4.69) is 19.2 Å². The molecule has 1 aromatic heterocycles. The van der Waals surface area contributed by atoms with E-state index in [9.17, 15) is 14.4 Å². The molecule has 0 unspecified atom stereocenters. The number of nitrogens with one attached hydrogen (secondary N) is 1. The minimum Gasteiger partial charge on any atom is -0.423 e. The van der Waals surface area contributed by atoms with Crippen LogP contribution in [-0.2, 0) is 11.3 Å². The van der Waals surface area contributed by atoms with Gasteiger partial charge in [0.2, 0.25) is 0 Å². The van der Waals surface area contributed by atoms with Crippen LogP contribution in [0.25, 0.3) is 11.0 Å². The molecule has 2 heterocycles. The molecular formula is C22H26N2O4. The Morgan fingerprint density at radius 1 is 1.11 bits per heavy atom. The van der Waals surface area contributed by atoms with Crippen LogP contribution in [0, 0.1) is 6.92 Å². The average Bonchev–Trinajstić information content (AvgIpc) is 2.85. The first-order chi connectivity index (χ1) is 13.3. The Balaban J connectivity index is 1.75. The van der Waals surface area contributed by atoms with Gasteiger partial charge in [-0.15, -0.1) is 0 Å². The number of benzene rings is 1. The zero-order chi connectivity index (χ0) is 20.1. The van der Waals surface area contributed by atoms with Crippen LogP contribution in [0.5, 0.6) is 0 Å². The van der Waals surface area contributed by atoms with Crippen LogP contribution < -0.4 is 10.9 Å². The molecule has 1 N–H and O–H groups in total. The van der Waals surface area contributed by atoms with Gasteiger partial charge < -0.3 is 9.73 Å². The molecule has 1 saturated heterocycles. The number of hydrogen-bond acceptors (Lipinski definition) is 4. The van der Waals surface area contributed by atoms with E-state index < -0.39 is 11.2 Å². The normalized spacial score (nSPS) is 19.1. The van der Waals surface area contributed by atoms with E-state index in [1.54, 1.807) is 0 Å². The van der Waals surface area contributed by atoms with E-state index in [1.165, 1.54) is 11.0 Å². The molecular weight excluding hydrogens is 356 g/mol. The second kappa shape index (κ2) is 6.76. The van der Waals surface area contributed by atoms with Crippen LogP contribution in [0.2, 0.25) is 0 Å². The lowest BCUT2D eigenvalue weighted by molar-refractivity contribution is -0.132. The highest BCUT2D eigenvalue weighted by atomic mass is 16.4. The van der Waals surface area contributed by atoms with Crippen molar-refractivity contribution in [1.82, 2.24) is 10.2 Å². The third-order valence-corrected chi connectivity index (χ3v) is 6.12. The minimum absolute atomic E-state index is 0.0785. The summed E-state index contributed by atoms with van der Waals surface area (Å²) in [6.07, 6.45) is 4.33. The molecule has 0 radical (unpaired) electrons. The Labute approximate surface area is 163 Å². The number of fused-ring (bicyclic) bond motifs is 1. The van der Waals surface area contributed by atoms with Gasteiger partial charge in [-0.05, 0) is 54.5 Å². The number of aryl methyl sites for hydroxylation is 1. The summed E-state index contributed by atoms with van der Waals surface area (Å²) in [7, 11) is 0. The van der Waals surface area contributed by atoms with E-state index in [-0.39, 0.29) is 18.5 Å². The predicted molar refractivity (Wildman–Crippen MR) is 106 cm³/mol. The van der Waals surface area contributed by atoms with Crippen LogP contribution in [0.15, 0.2) is 27.4 Å². The number of carbonyl (C=O) groups excluding carboxylic acids is 2. The summed E-state index contributed by atoms with van der Waals surface area (Å²) < 4.78 is 5.39. The minimum atomic E-state index is -0.760.